The van der Waals surface area contributed by atoms with Gasteiger partial charge in [0.05, 0.1) is 4.88 Å². The molecule has 0 saturated heterocycles. The van der Waals surface area contributed by atoms with Gasteiger partial charge in [-0.25, -0.2) is 0 Å². The van der Waals surface area contributed by atoms with Crippen molar-refractivity contribution in [2.45, 2.75) is 19.4 Å². The molecule has 1 aliphatic rings. The van der Waals surface area contributed by atoms with E-state index in [1.807, 2.05) is 31.2 Å². The lowest BCUT2D eigenvalue weighted by atomic mass is 10.1. The fourth-order valence-electron chi connectivity index (χ4n) is 2.86. The molecule has 0 saturated carbocycles. The number of benzene rings is 1. The number of fused-ring (bicyclic) bond motifs is 1. The van der Waals surface area contributed by atoms with Gasteiger partial charge >= 0.3 is 5.97 Å². The first kappa shape index (κ1) is 17.2. The smallest absolute Gasteiger partial charge is 0.325 e. The average Bonchev–Trinajstić information content (AvgIpc) is 3.24. The predicted octanol–water partition coefficient (Wildman–Crippen LogP) is 2.00. The molecule has 0 unspecified atom stereocenters. The monoisotopic (exact) mass is 358 g/mol. The minimum atomic E-state index is -0.640. The Morgan fingerprint density at radius 2 is 2.04 bits per heavy atom. The van der Waals surface area contributed by atoms with Gasteiger partial charge in [0.15, 0.2) is 6.61 Å². The van der Waals surface area contributed by atoms with E-state index in [-0.39, 0.29) is 31.0 Å². The first-order chi connectivity index (χ1) is 12.1. The number of nitrogens with zero attached hydrogens (tertiary/aromatic N) is 1. The van der Waals surface area contributed by atoms with Gasteiger partial charge in [0, 0.05) is 11.7 Å². The van der Waals surface area contributed by atoms with Crippen LogP contribution in [0.3, 0.4) is 0 Å². The topological polar surface area (TPSA) is 75.7 Å². The van der Waals surface area contributed by atoms with Crippen LogP contribution in [0.15, 0.2) is 41.8 Å². The van der Waals surface area contributed by atoms with E-state index >= 15 is 0 Å². The highest BCUT2D eigenvalue weighted by Crippen LogP contribution is 2.31. The summed E-state index contributed by atoms with van der Waals surface area (Å²) in [5, 5.41) is 4.25. The van der Waals surface area contributed by atoms with Crippen molar-refractivity contribution in [3.05, 3.63) is 52.2 Å². The van der Waals surface area contributed by atoms with E-state index in [0.717, 1.165) is 17.7 Å². The van der Waals surface area contributed by atoms with Gasteiger partial charge in [0.2, 0.25) is 0 Å². The lowest BCUT2D eigenvalue weighted by molar-refractivity contribution is -0.146. The van der Waals surface area contributed by atoms with Gasteiger partial charge in [-0.05, 0) is 36.4 Å². The molecule has 3 rings (SSSR count). The quantitative estimate of drug-likeness (QED) is 0.830. The number of hydrogen-bond acceptors (Lipinski definition) is 5. The molecule has 6 nitrogen and oxygen atoms in total. The second kappa shape index (κ2) is 7.48. The normalized spacial score (nSPS) is 15.6. The highest BCUT2D eigenvalue weighted by Gasteiger charge is 2.30. The third-order valence-electron chi connectivity index (χ3n) is 3.97. The SMILES string of the molecule is C[C@H]1Cc2ccccc2N1C(=O)COC(=O)CNC(=O)c1cccs1. The van der Waals surface area contributed by atoms with Crippen molar-refractivity contribution in [2.75, 3.05) is 18.1 Å². The van der Waals surface area contributed by atoms with Crippen LogP contribution in [0.1, 0.15) is 22.2 Å². The molecule has 7 heteroatoms. The number of thiophene rings is 1. The fourth-order valence-corrected chi connectivity index (χ4v) is 3.50. The van der Waals surface area contributed by atoms with Crippen LogP contribution in [0, 0.1) is 0 Å². The summed E-state index contributed by atoms with van der Waals surface area (Å²) in [6, 6.07) is 11.2. The molecule has 0 bridgehead atoms. The maximum absolute atomic E-state index is 12.4. The molecule has 1 atom stereocenters. The van der Waals surface area contributed by atoms with Gasteiger partial charge in [-0.2, -0.15) is 0 Å². The summed E-state index contributed by atoms with van der Waals surface area (Å²) < 4.78 is 5.01. The second-order valence-electron chi connectivity index (χ2n) is 5.77. The number of carbonyl (C=O) groups is 3. The van der Waals surface area contributed by atoms with Gasteiger partial charge in [0.25, 0.3) is 11.8 Å². The van der Waals surface area contributed by atoms with Gasteiger partial charge < -0.3 is 15.0 Å². The number of anilines is 1. The summed E-state index contributed by atoms with van der Waals surface area (Å²) >= 11 is 1.29. The van der Waals surface area contributed by atoms with Crippen LogP contribution < -0.4 is 10.2 Å². The number of esters is 1. The first-order valence-corrected chi connectivity index (χ1v) is 8.81. The molecule has 0 fully saturated rings. The zero-order chi connectivity index (χ0) is 17.8. The Balaban J connectivity index is 1.49. The van der Waals surface area contributed by atoms with Crippen molar-refractivity contribution in [1.82, 2.24) is 5.32 Å². The molecule has 130 valence electrons. The fraction of sp³-hybridized carbons (Fsp3) is 0.278. The molecule has 2 amide bonds. The first-order valence-electron chi connectivity index (χ1n) is 7.93. The Bertz CT molecular complexity index is 788. The maximum atomic E-state index is 12.4. The van der Waals surface area contributed by atoms with Gasteiger partial charge in [-0.3, -0.25) is 14.4 Å². The van der Waals surface area contributed by atoms with E-state index in [9.17, 15) is 14.4 Å². The van der Waals surface area contributed by atoms with Crippen LogP contribution in [0.4, 0.5) is 5.69 Å². The molecule has 1 aromatic heterocycles. The Hall–Kier alpha value is -2.67. The molecule has 1 N–H and O–H groups in total. The van der Waals surface area contributed by atoms with Crippen LogP contribution in [0.5, 0.6) is 0 Å². The zero-order valence-electron chi connectivity index (χ0n) is 13.7. The van der Waals surface area contributed by atoms with Crippen LogP contribution in [-0.2, 0) is 20.7 Å². The molecule has 1 aliphatic heterocycles. The van der Waals surface area contributed by atoms with Crippen molar-refractivity contribution in [3.63, 3.8) is 0 Å². The number of rotatable bonds is 5. The van der Waals surface area contributed by atoms with Crippen molar-refractivity contribution in [2.24, 2.45) is 0 Å². The Labute approximate surface area is 149 Å². The summed E-state index contributed by atoms with van der Waals surface area (Å²) in [7, 11) is 0. The number of hydrogen-bond donors (Lipinski definition) is 1. The molecular weight excluding hydrogens is 340 g/mol. The summed E-state index contributed by atoms with van der Waals surface area (Å²) in [5.41, 5.74) is 1.97. The predicted molar refractivity (Wildman–Crippen MR) is 94.7 cm³/mol. The molecule has 2 heterocycles. The van der Waals surface area contributed by atoms with Crippen molar-refractivity contribution in [1.29, 1.82) is 0 Å². The van der Waals surface area contributed by atoms with Crippen LogP contribution in [-0.4, -0.2) is 37.0 Å². The van der Waals surface area contributed by atoms with E-state index in [2.05, 4.69) is 5.32 Å². The molecular formula is C18H18N2O4S. The van der Waals surface area contributed by atoms with Gasteiger partial charge in [-0.15, -0.1) is 11.3 Å². The number of nitrogens with one attached hydrogen (secondary N) is 1. The third-order valence-corrected chi connectivity index (χ3v) is 4.84. The molecule has 2 aromatic rings. The third kappa shape index (κ3) is 3.88. The summed E-state index contributed by atoms with van der Waals surface area (Å²) in [5.74, 6) is -1.24. The van der Waals surface area contributed by atoms with E-state index < -0.39 is 5.97 Å². The minimum Gasteiger partial charge on any atom is -0.454 e. The van der Waals surface area contributed by atoms with Crippen LogP contribution >= 0.6 is 11.3 Å². The minimum absolute atomic E-state index is 0.0298. The highest BCUT2D eigenvalue weighted by atomic mass is 32.1. The zero-order valence-corrected chi connectivity index (χ0v) is 14.5. The van der Waals surface area contributed by atoms with Gasteiger partial charge in [-0.1, -0.05) is 24.3 Å². The Morgan fingerprint density at radius 3 is 2.80 bits per heavy atom. The molecule has 0 radical (unpaired) electrons. The van der Waals surface area contributed by atoms with E-state index in [1.54, 1.807) is 22.4 Å². The lowest BCUT2D eigenvalue weighted by Crippen LogP contribution is -2.39. The van der Waals surface area contributed by atoms with Crippen molar-refractivity contribution < 1.29 is 19.1 Å². The highest BCUT2D eigenvalue weighted by molar-refractivity contribution is 7.12. The van der Waals surface area contributed by atoms with E-state index in [4.69, 9.17) is 4.74 Å². The van der Waals surface area contributed by atoms with Gasteiger partial charge in [0.1, 0.15) is 6.54 Å². The summed E-state index contributed by atoms with van der Waals surface area (Å²) in [4.78, 5) is 38.1. The maximum Gasteiger partial charge on any atom is 0.325 e. The summed E-state index contributed by atoms with van der Waals surface area (Å²) in [6.07, 6.45) is 0.784. The number of ether oxygens (including phenoxy) is 1. The van der Waals surface area contributed by atoms with Crippen molar-refractivity contribution >= 4 is 34.8 Å². The average molecular weight is 358 g/mol. The largest absolute Gasteiger partial charge is 0.454 e. The standard InChI is InChI=1S/C18H18N2O4S/c1-12-9-13-5-2-3-6-14(13)20(12)16(21)11-24-17(22)10-19-18(23)15-7-4-8-25-15/h2-8,12H,9-11H2,1H3,(H,19,23)/t12-/m0/s1. The number of para-hydroxylation sites is 1. The summed E-state index contributed by atoms with van der Waals surface area (Å²) in [6.45, 7) is 1.35. The van der Waals surface area contributed by atoms with E-state index in [1.165, 1.54) is 11.3 Å². The Morgan fingerprint density at radius 1 is 1.24 bits per heavy atom. The van der Waals surface area contributed by atoms with Crippen molar-refractivity contribution in [3.8, 4) is 0 Å². The Kier molecular flexibility index (Phi) is 5.14. The van der Waals surface area contributed by atoms with Crippen LogP contribution in [0.2, 0.25) is 0 Å². The molecule has 0 spiro atoms. The molecule has 1 aromatic carbocycles. The lowest BCUT2D eigenvalue weighted by Gasteiger charge is -2.22. The van der Waals surface area contributed by atoms with Crippen LogP contribution in [0.25, 0.3) is 0 Å². The second-order valence-corrected chi connectivity index (χ2v) is 6.71. The van der Waals surface area contributed by atoms with E-state index in [0.29, 0.717) is 4.88 Å². The number of amides is 2. The number of carbonyl (C=O) groups excluding carboxylic acids is 3. The molecule has 0 aliphatic carbocycles. The molecule has 25 heavy (non-hydrogen) atoms.